The van der Waals surface area contributed by atoms with Gasteiger partial charge in [0.2, 0.25) is 0 Å². The normalized spacial score (nSPS) is 14.1. The zero-order chi connectivity index (χ0) is 13.2. The number of hydrogen-bond acceptors (Lipinski definition) is 1. The lowest BCUT2D eigenvalue weighted by Gasteiger charge is -2.27. The molecule has 0 aliphatic carbocycles. The Labute approximate surface area is 106 Å². The molecule has 7 heteroatoms. The Hall–Kier alpha value is -0.520. The number of alkyl halides is 4. The maximum Gasteiger partial charge on any atom is 0.326 e. The molecule has 1 aromatic carbocycles. The summed E-state index contributed by atoms with van der Waals surface area (Å²) in [6.45, 7) is 0. The third-order valence-electron chi connectivity index (χ3n) is 2.23. The summed E-state index contributed by atoms with van der Waals surface area (Å²) in [4.78, 5) is 0. The Bertz CT molecular complexity index is 398. The number of halogens is 6. The molecule has 0 saturated carbocycles. The molecule has 1 atom stereocenters. The fourth-order valence-corrected chi connectivity index (χ4v) is 1.82. The lowest BCUT2D eigenvalue weighted by Crippen LogP contribution is -2.41. The molecule has 17 heavy (non-hydrogen) atoms. The summed E-state index contributed by atoms with van der Waals surface area (Å²) in [7, 11) is 1.15. The van der Waals surface area contributed by atoms with E-state index in [0.717, 1.165) is 13.1 Å². The van der Waals surface area contributed by atoms with Crippen molar-refractivity contribution in [2.75, 3.05) is 7.05 Å². The van der Waals surface area contributed by atoms with Crippen molar-refractivity contribution >= 4 is 23.2 Å². The zero-order valence-corrected chi connectivity index (χ0v) is 10.2. The minimum Gasteiger partial charge on any atom is -0.308 e. The quantitative estimate of drug-likeness (QED) is 0.821. The van der Waals surface area contributed by atoms with E-state index in [0.29, 0.717) is 0 Å². The molecule has 0 spiro atoms. The SMILES string of the molecule is CNC(c1cc(Cl)ccc1Cl)C(F)(F)C(F)F. The minimum absolute atomic E-state index is 0.0472. The van der Waals surface area contributed by atoms with Crippen molar-refractivity contribution in [2.45, 2.75) is 18.4 Å². The second-order valence-corrected chi connectivity index (χ2v) is 4.21. The third-order valence-corrected chi connectivity index (χ3v) is 2.81. The maximum atomic E-state index is 13.3. The van der Waals surface area contributed by atoms with Crippen LogP contribution in [-0.2, 0) is 0 Å². The first-order valence-electron chi connectivity index (χ1n) is 4.59. The molecular formula is C10H9Cl2F4N. The molecule has 96 valence electrons. The number of hydrogen-bond donors (Lipinski definition) is 1. The second-order valence-electron chi connectivity index (χ2n) is 3.36. The van der Waals surface area contributed by atoms with Crippen LogP contribution >= 0.6 is 23.2 Å². The van der Waals surface area contributed by atoms with Gasteiger partial charge in [-0.2, -0.15) is 8.78 Å². The Morgan fingerprint density at radius 2 is 1.82 bits per heavy atom. The predicted molar refractivity (Wildman–Crippen MR) is 59.2 cm³/mol. The van der Waals surface area contributed by atoms with Crippen LogP contribution in [0.3, 0.4) is 0 Å². The van der Waals surface area contributed by atoms with E-state index in [1.54, 1.807) is 0 Å². The van der Waals surface area contributed by atoms with Crippen LogP contribution in [0.4, 0.5) is 17.6 Å². The highest BCUT2D eigenvalue weighted by Gasteiger charge is 2.49. The topological polar surface area (TPSA) is 12.0 Å². The fraction of sp³-hybridized carbons (Fsp3) is 0.400. The standard InChI is InChI=1S/C10H9Cl2F4N/c1-17-8(10(15,16)9(13)14)6-4-5(11)2-3-7(6)12/h2-4,8-9,17H,1H3. The summed E-state index contributed by atoms with van der Waals surface area (Å²) in [5, 5.41) is 2.24. The summed E-state index contributed by atoms with van der Waals surface area (Å²) < 4.78 is 51.2. The van der Waals surface area contributed by atoms with E-state index in [9.17, 15) is 17.6 Å². The minimum atomic E-state index is -4.23. The van der Waals surface area contributed by atoms with Crippen molar-refractivity contribution in [2.24, 2.45) is 0 Å². The van der Waals surface area contributed by atoms with Crippen molar-refractivity contribution < 1.29 is 17.6 Å². The first-order valence-corrected chi connectivity index (χ1v) is 5.34. The van der Waals surface area contributed by atoms with Gasteiger partial charge in [0.05, 0.1) is 0 Å². The van der Waals surface area contributed by atoms with E-state index >= 15 is 0 Å². The van der Waals surface area contributed by atoms with E-state index in [1.165, 1.54) is 12.1 Å². The lowest BCUT2D eigenvalue weighted by molar-refractivity contribution is -0.150. The molecule has 0 bridgehead atoms. The fourth-order valence-electron chi connectivity index (χ4n) is 1.42. The van der Waals surface area contributed by atoms with E-state index in [4.69, 9.17) is 23.2 Å². The van der Waals surface area contributed by atoms with Crippen LogP contribution in [0.1, 0.15) is 11.6 Å². The Balaban J connectivity index is 3.22. The van der Waals surface area contributed by atoms with Gasteiger partial charge in [0, 0.05) is 10.0 Å². The molecule has 0 radical (unpaired) electrons. The molecule has 1 unspecified atom stereocenters. The molecule has 0 saturated heterocycles. The van der Waals surface area contributed by atoms with E-state index < -0.39 is 18.4 Å². The molecule has 0 heterocycles. The summed E-state index contributed by atoms with van der Waals surface area (Å²) >= 11 is 11.3. The highest BCUT2D eigenvalue weighted by Crippen LogP contribution is 2.39. The first kappa shape index (κ1) is 14.5. The smallest absolute Gasteiger partial charge is 0.308 e. The van der Waals surface area contributed by atoms with Gasteiger partial charge in [-0.05, 0) is 30.8 Å². The van der Waals surface area contributed by atoms with E-state index in [-0.39, 0.29) is 15.6 Å². The number of benzene rings is 1. The largest absolute Gasteiger partial charge is 0.326 e. The Morgan fingerprint density at radius 1 is 1.24 bits per heavy atom. The van der Waals surface area contributed by atoms with Crippen LogP contribution < -0.4 is 5.32 Å². The van der Waals surface area contributed by atoms with Crippen LogP contribution in [0.15, 0.2) is 18.2 Å². The van der Waals surface area contributed by atoms with Gasteiger partial charge in [0.25, 0.3) is 0 Å². The van der Waals surface area contributed by atoms with Gasteiger partial charge >= 0.3 is 12.3 Å². The van der Waals surface area contributed by atoms with Gasteiger partial charge in [-0.3, -0.25) is 0 Å². The van der Waals surface area contributed by atoms with E-state index in [2.05, 4.69) is 5.32 Å². The summed E-state index contributed by atoms with van der Waals surface area (Å²) in [6, 6.07) is 1.92. The molecule has 0 amide bonds. The third kappa shape index (κ3) is 3.03. The number of rotatable bonds is 4. The van der Waals surface area contributed by atoms with Crippen molar-refractivity contribution in [3.05, 3.63) is 33.8 Å². The summed E-state index contributed by atoms with van der Waals surface area (Å²) in [5.74, 6) is -4.23. The maximum absolute atomic E-state index is 13.3. The lowest BCUT2D eigenvalue weighted by atomic mass is 10.0. The average Bonchev–Trinajstić information content (AvgIpc) is 2.23. The van der Waals surface area contributed by atoms with Crippen molar-refractivity contribution in [3.63, 3.8) is 0 Å². The van der Waals surface area contributed by atoms with Gasteiger partial charge < -0.3 is 5.32 Å². The molecule has 1 aromatic rings. The Morgan fingerprint density at radius 3 is 2.29 bits per heavy atom. The molecule has 1 rings (SSSR count). The molecule has 1 nitrogen and oxygen atoms in total. The zero-order valence-electron chi connectivity index (χ0n) is 8.65. The van der Waals surface area contributed by atoms with Gasteiger partial charge in [0.1, 0.15) is 6.04 Å². The van der Waals surface area contributed by atoms with Gasteiger partial charge in [0.15, 0.2) is 0 Å². The van der Waals surface area contributed by atoms with Crippen LogP contribution in [0.2, 0.25) is 10.0 Å². The highest BCUT2D eigenvalue weighted by atomic mass is 35.5. The van der Waals surface area contributed by atoms with Crippen LogP contribution in [0.5, 0.6) is 0 Å². The summed E-state index contributed by atoms with van der Waals surface area (Å²) in [6.07, 6.45) is -3.80. The van der Waals surface area contributed by atoms with Crippen LogP contribution in [0, 0.1) is 0 Å². The average molecular weight is 290 g/mol. The molecule has 0 aliphatic rings. The van der Waals surface area contributed by atoms with Crippen LogP contribution in [0.25, 0.3) is 0 Å². The second kappa shape index (κ2) is 5.42. The van der Waals surface area contributed by atoms with Crippen molar-refractivity contribution in [1.29, 1.82) is 0 Å². The highest BCUT2D eigenvalue weighted by molar-refractivity contribution is 6.33. The van der Waals surface area contributed by atoms with Gasteiger partial charge in [-0.15, -0.1) is 0 Å². The molecule has 0 fully saturated rings. The van der Waals surface area contributed by atoms with Crippen molar-refractivity contribution in [1.82, 2.24) is 5.32 Å². The van der Waals surface area contributed by atoms with Gasteiger partial charge in [-0.25, -0.2) is 8.78 Å². The predicted octanol–water partition coefficient (Wildman–Crippen LogP) is 4.15. The number of nitrogens with one attached hydrogen (secondary N) is 1. The molecule has 0 aliphatic heterocycles. The molecule has 0 aromatic heterocycles. The molecular weight excluding hydrogens is 281 g/mol. The first-order chi connectivity index (χ1) is 7.80. The van der Waals surface area contributed by atoms with Crippen molar-refractivity contribution in [3.8, 4) is 0 Å². The Kier molecular flexibility index (Phi) is 4.63. The monoisotopic (exact) mass is 289 g/mol. The summed E-state index contributed by atoms with van der Waals surface area (Å²) in [5.41, 5.74) is -0.160. The van der Waals surface area contributed by atoms with Gasteiger partial charge in [-0.1, -0.05) is 23.2 Å². The van der Waals surface area contributed by atoms with E-state index in [1.807, 2.05) is 0 Å². The van der Waals surface area contributed by atoms with Crippen LogP contribution in [-0.4, -0.2) is 19.4 Å². The molecule has 1 N–H and O–H groups in total.